The molecule has 0 aromatic rings. The second-order valence-electron chi connectivity index (χ2n) is 16.4. The van der Waals surface area contributed by atoms with Crippen LogP contribution in [0.2, 0.25) is 0 Å². The molecule has 4 aliphatic carbocycles. The largest absolute Gasteiger partial charge is 0.394 e. The molecule has 47 heavy (non-hydrogen) atoms. The van der Waals surface area contributed by atoms with Gasteiger partial charge in [0.25, 0.3) is 0 Å². The molecular formula is C34H58O13. The molecule has 20 unspecified atom stereocenters. The van der Waals surface area contributed by atoms with Crippen molar-refractivity contribution >= 4 is 0 Å². The van der Waals surface area contributed by atoms with Crippen LogP contribution >= 0.6 is 0 Å². The summed E-state index contributed by atoms with van der Waals surface area (Å²) in [7, 11) is 1.65. The van der Waals surface area contributed by atoms with Crippen molar-refractivity contribution in [1.82, 2.24) is 0 Å². The maximum absolute atomic E-state index is 11.8. The van der Waals surface area contributed by atoms with Gasteiger partial charge in [0.15, 0.2) is 18.4 Å². The summed E-state index contributed by atoms with van der Waals surface area (Å²) in [5, 5.41) is 95.3. The average Bonchev–Trinajstić information content (AvgIpc) is 3.50. The van der Waals surface area contributed by atoms with Crippen LogP contribution in [0.4, 0.5) is 0 Å². The molecule has 4 saturated carbocycles. The topological polar surface area (TPSA) is 219 Å². The highest BCUT2D eigenvalue weighted by Crippen LogP contribution is 2.71. The molecule has 9 N–H and O–H groups in total. The molecule has 20 atom stereocenters. The summed E-state index contributed by atoms with van der Waals surface area (Å²) in [6.07, 6.45) is -7.59. The fourth-order valence-electron chi connectivity index (χ4n) is 11.7. The van der Waals surface area contributed by atoms with Crippen LogP contribution in [-0.2, 0) is 18.9 Å². The first-order chi connectivity index (χ1) is 22.0. The molecule has 6 rings (SSSR count). The van der Waals surface area contributed by atoms with Gasteiger partial charge in [-0.2, -0.15) is 0 Å². The summed E-state index contributed by atoms with van der Waals surface area (Å²) in [6.45, 7) is 7.63. The van der Waals surface area contributed by atoms with Gasteiger partial charge < -0.3 is 64.9 Å². The summed E-state index contributed by atoms with van der Waals surface area (Å²) in [5.74, 6) is -0.561. The van der Waals surface area contributed by atoms with E-state index in [1.807, 2.05) is 6.92 Å². The number of aliphatic hydroxyl groups excluding tert-OH is 8. The average molecular weight is 675 g/mol. The minimum Gasteiger partial charge on any atom is -0.394 e. The van der Waals surface area contributed by atoms with Crippen molar-refractivity contribution in [2.24, 2.45) is 46.3 Å². The molecule has 13 nitrogen and oxygen atoms in total. The van der Waals surface area contributed by atoms with E-state index in [0.717, 1.165) is 19.3 Å². The van der Waals surface area contributed by atoms with E-state index in [1.165, 1.54) is 0 Å². The highest BCUT2D eigenvalue weighted by Gasteiger charge is 2.73. The van der Waals surface area contributed by atoms with Gasteiger partial charge >= 0.3 is 0 Å². The highest BCUT2D eigenvalue weighted by atomic mass is 16.7. The number of hydrogen-bond donors (Lipinski definition) is 9. The van der Waals surface area contributed by atoms with Crippen molar-refractivity contribution < 1.29 is 64.9 Å². The smallest absolute Gasteiger partial charge is 0.189 e. The van der Waals surface area contributed by atoms with Crippen LogP contribution in [-0.4, -0.2) is 132 Å². The van der Waals surface area contributed by atoms with Crippen molar-refractivity contribution in [3.05, 3.63) is 0 Å². The molecule has 2 aliphatic heterocycles. The molecule has 0 bridgehead atoms. The lowest BCUT2D eigenvalue weighted by molar-refractivity contribution is -0.338. The molecule has 2 heterocycles. The number of fused-ring (bicyclic) bond motifs is 7. The highest BCUT2D eigenvalue weighted by molar-refractivity contribution is 5.21. The molecule has 272 valence electrons. The lowest BCUT2D eigenvalue weighted by atomic mass is 9.41. The first-order valence-electron chi connectivity index (χ1n) is 17.6. The van der Waals surface area contributed by atoms with Gasteiger partial charge in [-0.3, -0.25) is 0 Å². The Morgan fingerprint density at radius 1 is 0.936 bits per heavy atom. The van der Waals surface area contributed by atoms with E-state index in [0.29, 0.717) is 31.6 Å². The molecule has 2 saturated heterocycles. The quantitative estimate of drug-likeness (QED) is 0.150. The van der Waals surface area contributed by atoms with E-state index < -0.39 is 84.6 Å². The van der Waals surface area contributed by atoms with Crippen LogP contribution in [0.5, 0.6) is 0 Å². The summed E-state index contributed by atoms with van der Waals surface area (Å²) < 4.78 is 24.0. The molecule has 0 spiro atoms. The van der Waals surface area contributed by atoms with Gasteiger partial charge in [0.05, 0.1) is 24.9 Å². The Balaban J connectivity index is 1.12. The second kappa shape index (κ2) is 12.6. The minimum atomic E-state index is -1.61. The van der Waals surface area contributed by atoms with Gasteiger partial charge in [0.1, 0.15) is 36.1 Å². The van der Waals surface area contributed by atoms with Gasteiger partial charge in [-0.25, -0.2) is 0 Å². The minimum absolute atomic E-state index is 0.00354. The zero-order chi connectivity index (χ0) is 34.4. The molecule has 0 amide bonds. The predicted octanol–water partition coefficient (Wildman–Crippen LogP) is -0.399. The normalized spacial score (nSPS) is 57.1. The Hall–Kier alpha value is -0.520. The van der Waals surface area contributed by atoms with Gasteiger partial charge in [-0.1, -0.05) is 27.7 Å². The van der Waals surface area contributed by atoms with Crippen molar-refractivity contribution in [3.8, 4) is 0 Å². The van der Waals surface area contributed by atoms with Gasteiger partial charge in [-0.05, 0) is 67.6 Å². The molecule has 0 aromatic carbocycles. The standard InChI is InChI=1S/C34H58O13/c1-15(29(42)46-30-27(40)26(39)25(38)22(14-35)45-30)6-11-34(44-5)16(2)24-21(47-34)12-19-17-7-10-33(43)28(41)20(36)13-23(37)32(33,4)18(17)8-9-31(19,24)3/h15-30,35-43H,6-14H2,1-5H3. The van der Waals surface area contributed by atoms with Gasteiger partial charge in [0.2, 0.25) is 0 Å². The van der Waals surface area contributed by atoms with Crippen LogP contribution in [0.3, 0.4) is 0 Å². The maximum atomic E-state index is 11.8. The first kappa shape index (κ1) is 36.3. The number of hydrogen-bond acceptors (Lipinski definition) is 13. The first-order valence-corrected chi connectivity index (χ1v) is 17.6. The maximum Gasteiger partial charge on any atom is 0.189 e. The fourth-order valence-corrected chi connectivity index (χ4v) is 11.7. The van der Waals surface area contributed by atoms with Crippen LogP contribution in [0.1, 0.15) is 79.1 Å². The van der Waals surface area contributed by atoms with Crippen molar-refractivity contribution in [3.63, 3.8) is 0 Å². The number of methoxy groups -OCH3 is 1. The monoisotopic (exact) mass is 674 g/mol. The Labute approximate surface area is 276 Å². The van der Waals surface area contributed by atoms with E-state index in [2.05, 4.69) is 13.8 Å². The van der Waals surface area contributed by atoms with E-state index >= 15 is 0 Å². The lowest BCUT2D eigenvalue weighted by Gasteiger charge is -2.66. The second-order valence-corrected chi connectivity index (χ2v) is 16.4. The fraction of sp³-hybridized carbons (Fsp3) is 1.00. The van der Waals surface area contributed by atoms with Crippen molar-refractivity contribution in [1.29, 1.82) is 0 Å². The Kier molecular flexibility index (Phi) is 9.73. The summed E-state index contributed by atoms with van der Waals surface area (Å²) in [4.78, 5) is 0. The van der Waals surface area contributed by atoms with Crippen LogP contribution in [0.25, 0.3) is 0 Å². The zero-order valence-corrected chi connectivity index (χ0v) is 28.3. The van der Waals surface area contributed by atoms with E-state index in [9.17, 15) is 46.0 Å². The van der Waals surface area contributed by atoms with Gasteiger partial charge in [0, 0.05) is 37.2 Å². The molecule has 6 aliphatic rings. The third kappa shape index (κ3) is 5.21. The van der Waals surface area contributed by atoms with Crippen LogP contribution in [0.15, 0.2) is 0 Å². The summed E-state index contributed by atoms with van der Waals surface area (Å²) >= 11 is 0. The molecule has 0 radical (unpaired) electrons. The number of aliphatic hydroxyl groups is 9. The SMILES string of the molecule is COC1(CCC(C)C(O)OC2OC(CO)C(O)C(O)C2O)OC2CC3C4CCC5(O)C(O)C(O)CC(O)C5(C)C4CCC3(C)C2C1C. The van der Waals surface area contributed by atoms with E-state index in [-0.39, 0.29) is 41.6 Å². The Morgan fingerprint density at radius 3 is 2.30 bits per heavy atom. The number of rotatable bonds is 8. The third-order valence-corrected chi connectivity index (χ3v) is 14.6. The molecule has 6 fully saturated rings. The van der Waals surface area contributed by atoms with Gasteiger partial charge in [-0.15, -0.1) is 0 Å². The number of ether oxygens (including phenoxy) is 4. The van der Waals surface area contributed by atoms with E-state index in [4.69, 9.17) is 18.9 Å². The Bertz CT molecular complexity index is 1130. The lowest BCUT2D eigenvalue weighted by Crippen LogP contribution is -2.73. The molecule has 0 aromatic heterocycles. The predicted molar refractivity (Wildman–Crippen MR) is 164 cm³/mol. The van der Waals surface area contributed by atoms with Crippen molar-refractivity contribution in [2.45, 2.75) is 152 Å². The molecular weight excluding hydrogens is 616 g/mol. The van der Waals surface area contributed by atoms with E-state index in [1.54, 1.807) is 14.0 Å². The molecule has 13 heteroatoms. The van der Waals surface area contributed by atoms with Crippen LogP contribution in [0, 0.1) is 46.3 Å². The summed E-state index contributed by atoms with van der Waals surface area (Å²) in [5.41, 5.74) is -2.53. The third-order valence-electron chi connectivity index (χ3n) is 14.6. The zero-order valence-electron chi connectivity index (χ0n) is 28.3. The summed E-state index contributed by atoms with van der Waals surface area (Å²) in [6, 6.07) is 0. The van der Waals surface area contributed by atoms with Crippen LogP contribution < -0.4 is 0 Å². The van der Waals surface area contributed by atoms with Crippen molar-refractivity contribution in [2.75, 3.05) is 13.7 Å². The Morgan fingerprint density at radius 2 is 1.64 bits per heavy atom.